The molecule has 7 nitrogen and oxygen atoms in total. The first-order valence-electron chi connectivity index (χ1n) is 8.07. The Morgan fingerprint density at radius 3 is 2.48 bits per heavy atom. The highest BCUT2D eigenvalue weighted by Gasteiger charge is 2.19. The van der Waals surface area contributed by atoms with Gasteiger partial charge in [0, 0.05) is 17.1 Å². The van der Waals surface area contributed by atoms with Crippen molar-refractivity contribution in [1.29, 1.82) is 0 Å². The molecule has 1 aromatic carbocycles. The number of ether oxygens (including phenoxy) is 2. The molecule has 0 aliphatic rings. The number of rotatable bonds is 7. The van der Waals surface area contributed by atoms with Gasteiger partial charge < -0.3 is 14.8 Å². The van der Waals surface area contributed by atoms with Gasteiger partial charge in [-0.2, -0.15) is 0 Å². The van der Waals surface area contributed by atoms with E-state index in [1.807, 2.05) is 19.9 Å². The average molecular weight is 410 g/mol. The molecule has 0 bridgehead atoms. The monoisotopic (exact) mass is 409 g/mol. The third-order valence-corrected chi connectivity index (χ3v) is 4.49. The van der Waals surface area contributed by atoms with Gasteiger partial charge in [0.25, 0.3) is 5.91 Å². The first-order valence-corrected chi connectivity index (χ1v) is 9.44. The van der Waals surface area contributed by atoms with Crippen molar-refractivity contribution < 1.29 is 19.1 Å². The van der Waals surface area contributed by atoms with Crippen molar-refractivity contribution in [2.75, 3.05) is 18.2 Å². The molecular weight excluding hydrogens is 390 g/mol. The topological polar surface area (TPSA) is 90.4 Å². The SMILES string of the molecule is COc1ccc(NC(=O)[C@H](C)OC(=O)CSc2nc(C)cc(C)n2)cc1Cl. The third-order valence-electron chi connectivity index (χ3n) is 3.38. The lowest BCUT2D eigenvalue weighted by Crippen LogP contribution is -2.30. The van der Waals surface area contributed by atoms with Crippen molar-refractivity contribution in [3.63, 3.8) is 0 Å². The Morgan fingerprint density at radius 2 is 1.89 bits per heavy atom. The number of amides is 1. The van der Waals surface area contributed by atoms with E-state index in [0.29, 0.717) is 21.6 Å². The Morgan fingerprint density at radius 1 is 1.22 bits per heavy atom. The Kier molecular flexibility index (Phi) is 7.44. The molecule has 1 heterocycles. The Bertz CT molecular complexity index is 827. The number of benzene rings is 1. The van der Waals surface area contributed by atoms with Gasteiger partial charge in [0.1, 0.15) is 5.75 Å². The zero-order valence-electron chi connectivity index (χ0n) is 15.4. The highest BCUT2D eigenvalue weighted by molar-refractivity contribution is 7.99. The van der Waals surface area contributed by atoms with Crippen LogP contribution < -0.4 is 10.1 Å². The number of thioether (sulfide) groups is 1. The second-order valence-corrected chi connectivity index (χ2v) is 7.04. The first kappa shape index (κ1) is 21.0. The zero-order chi connectivity index (χ0) is 20.0. The van der Waals surface area contributed by atoms with E-state index in [4.69, 9.17) is 21.1 Å². The molecule has 2 rings (SSSR count). The summed E-state index contributed by atoms with van der Waals surface area (Å²) in [6.45, 7) is 5.21. The van der Waals surface area contributed by atoms with Gasteiger partial charge in [-0.3, -0.25) is 9.59 Å². The second kappa shape index (κ2) is 9.57. The summed E-state index contributed by atoms with van der Waals surface area (Å²) in [6, 6.07) is 6.68. The van der Waals surface area contributed by atoms with Crippen LogP contribution in [-0.2, 0) is 14.3 Å². The molecule has 144 valence electrons. The predicted molar refractivity (Wildman–Crippen MR) is 104 cm³/mol. The number of halogens is 1. The molecule has 0 aliphatic heterocycles. The summed E-state index contributed by atoms with van der Waals surface area (Å²) in [6.07, 6.45) is -0.959. The molecule has 1 N–H and O–H groups in total. The summed E-state index contributed by atoms with van der Waals surface area (Å²) in [5.41, 5.74) is 2.13. The number of carbonyl (C=O) groups excluding carboxylic acids is 2. The summed E-state index contributed by atoms with van der Waals surface area (Å²) in [5.74, 6) is -0.482. The van der Waals surface area contributed by atoms with Crippen LogP contribution >= 0.6 is 23.4 Å². The van der Waals surface area contributed by atoms with Crippen LogP contribution in [0.2, 0.25) is 5.02 Å². The van der Waals surface area contributed by atoms with Gasteiger partial charge in [-0.05, 0) is 45.0 Å². The number of methoxy groups -OCH3 is 1. The fraction of sp³-hybridized carbons (Fsp3) is 0.333. The normalized spacial score (nSPS) is 11.6. The van der Waals surface area contributed by atoms with Crippen LogP contribution in [-0.4, -0.2) is 40.8 Å². The van der Waals surface area contributed by atoms with Crippen molar-refractivity contribution in [2.24, 2.45) is 0 Å². The van der Waals surface area contributed by atoms with E-state index < -0.39 is 18.0 Å². The Hall–Kier alpha value is -2.32. The van der Waals surface area contributed by atoms with Crippen molar-refractivity contribution in [3.8, 4) is 5.75 Å². The van der Waals surface area contributed by atoms with Gasteiger partial charge in [-0.1, -0.05) is 23.4 Å². The van der Waals surface area contributed by atoms with Gasteiger partial charge in [0.2, 0.25) is 0 Å². The van der Waals surface area contributed by atoms with Gasteiger partial charge in [0.05, 0.1) is 17.9 Å². The summed E-state index contributed by atoms with van der Waals surface area (Å²) >= 11 is 7.18. The molecule has 0 aliphatic carbocycles. The van der Waals surface area contributed by atoms with Crippen LogP contribution in [0.25, 0.3) is 0 Å². The number of esters is 1. The number of aromatic nitrogens is 2. The van der Waals surface area contributed by atoms with Crippen molar-refractivity contribution in [3.05, 3.63) is 40.7 Å². The standard InChI is InChI=1S/C18H20ClN3O4S/c1-10-7-11(2)21-18(20-10)27-9-16(23)26-12(3)17(24)22-13-5-6-15(25-4)14(19)8-13/h5-8,12H,9H2,1-4H3,(H,22,24)/t12-/m0/s1. The first-order chi connectivity index (χ1) is 12.8. The number of nitrogens with one attached hydrogen (secondary N) is 1. The smallest absolute Gasteiger partial charge is 0.317 e. The number of aryl methyl sites for hydroxylation is 2. The maximum absolute atomic E-state index is 12.2. The minimum Gasteiger partial charge on any atom is -0.495 e. The number of anilines is 1. The summed E-state index contributed by atoms with van der Waals surface area (Å²) in [7, 11) is 1.50. The molecular formula is C18H20ClN3O4S. The Labute approximate surface area is 166 Å². The lowest BCUT2D eigenvalue weighted by molar-refractivity contribution is -0.150. The summed E-state index contributed by atoms with van der Waals surface area (Å²) in [5, 5.41) is 3.50. The maximum atomic E-state index is 12.2. The number of hydrogen-bond donors (Lipinski definition) is 1. The van der Waals surface area contributed by atoms with Gasteiger partial charge in [0.15, 0.2) is 11.3 Å². The number of carbonyl (C=O) groups is 2. The third kappa shape index (κ3) is 6.41. The van der Waals surface area contributed by atoms with Crippen molar-refractivity contribution >= 4 is 40.9 Å². The van der Waals surface area contributed by atoms with Crippen LogP contribution in [0.3, 0.4) is 0 Å². The number of nitrogens with zero attached hydrogens (tertiary/aromatic N) is 2. The second-order valence-electron chi connectivity index (χ2n) is 5.69. The molecule has 0 spiro atoms. The molecule has 1 atom stereocenters. The minimum absolute atomic E-state index is 0.00881. The summed E-state index contributed by atoms with van der Waals surface area (Å²) < 4.78 is 10.2. The highest BCUT2D eigenvalue weighted by atomic mass is 35.5. The quantitative estimate of drug-likeness (QED) is 0.425. The van der Waals surface area contributed by atoms with Crippen LogP contribution in [0.1, 0.15) is 18.3 Å². The van der Waals surface area contributed by atoms with Crippen LogP contribution in [0, 0.1) is 13.8 Å². The molecule has 0 saturated carbocycles. The molecule has 2 aromatic rings. The largest absolute Gasteiger partial charge is 0.495 e. The van der Waals surface area contributed by atoms with E-state index in [-0.39, 0.29) is 5.75 Å². The van der Waals surface area contributed by atoms with E-state index in [0.717, 1.165) is 23.1 Å². The predicted octanol–water partition coefficient (Wildman–Crippen LogP) is 3.42. The van der Waals surface area contributed by atoms with Crippen LogP contribution in [0.15, 0.2) is 29.4 Å². The fourth-order valence-corrected chi connectivity index (χ4v) is 3.14. The minimum atomic E-state index is -0.959. The molecule has 0 radical (unpaired) electrons. The fourth-order valence-electron chi connectivity index (χ4n) is 2.15. The van der Waals surface area contributed by atoms with Gasteiger partial charge in [-0.25, -0.2) is 9.97 Å². The molecule has 0 saturated heterocycles. The molecule has 1 aromatic heterocycles. The van der Waals surface area contributed by atoms with E-state index in [9.17, 15) is 9.59 Å². The van der Waals surface area contributed by atoms with Crippen LogP contribution in [0.4, 0.5) is 5.69 Å². The van der Waals surface area contributed by atoms with Crippen LogP contribution in [0.5, 0.6) is 5.75 Å². The molecule has 0 fully saturated rings. The Balaban J connectivity index is 1.86. The molecule has 9 heteroatoms. The maximum Gasteiger partial charge on any atom is 0.317 e. The van der Waals surface area contributed by atoms with E-state index in [2.05, 4.69) is 15.3 Å². The van der Waals surface area contributed by atoms with E-state index in [1.54, 1.807) is 18.2 Å². The van der Waals surface area contributed by atoms with Crippen molar-refractivity contribution in [1.82, 2.24) is 9.97 Å². The summed E-state index contributed by atoms with van der Waals surface area (Å²) in [4.78, 5) is 32.6. The molecule has 27 heavy (non-hydrogen) atoms. The van der Waals surface area contributed by atoms with Gasteiger partial charge >= 0.3 is 5.97 Å². The number of hydrogen-bond acceptors (Lipinski definition) is 7. The van der Waals surface area contributed by atoms with Gasteiger partial charge in [-0.15, -0.1) is 0 Å². The lowest BCUT2D eigenvalue weighted by Gasteiger charge is -2.14. The average Bonchev–Trinajstić information content (AvgIpc) is 2.59. The zero-order valence-corrected chi connectivity index (χ0v) is 17.0. The lowest BCUT2D eigenvalue weighted by atomic mass is 10.3. The van der Waals surface area contributed by atoms with Crippen molar-refractivity contribution in [2.45, 2.75) is 32.0 Å². The highest BCUT2D eigenvalue weighted by Crippen LogP contribution is 2.27. The van der Waals surface area contributed by atoms with E-state index in [1.165, 1.54) is 14.0 Å². The van der Waals surface area contributed by atoms with E-state index >= 15 is 0 Å². The molecule has 0 unspecified atom stereocenters. The molecule has 1 amide bonds.